The molecule has 0 aliphatic heterocycles. The quantitative estimate of drug-likeness (QED) is 0.668. The Morgan fingerprint density at radius 2 is 1.95 bits per heavy atom. The summed E-state index contributed by atoms with van der Waals surface area (Å²) in [5.41, 5.74) is 4.35. The summed E-state index contributed by atoms with van der Waals surface area (Å²) >= 11 is 3.25. The van der Waals surface area contributed by atoms with Gasteiger partial charge >= 0.3 is 0 Å². The molecule has 0 saturated carbocycles. The highest BCUT2D eigenvalue weighted by molar-refractivity contribution is 9.10. The number of para-hydroxylation sites is 1. The average molecular weight is 321 g/mol. The Morgan fingerprint density at radius 1 is 1.21 bits per heavy atom. The van der Waals surface area contributed by atoms with Crippen LogP contribution in [-0.2, 0) is 0 Å². The largest absolute Gasteiger partial charge is 0.506 e. The van der Waals surface area contributed by atoms with E-state index in [4.69, 9.17) is 4.74 Å². The van der Waals surface area contributed by atoms with E-state index in [0.29, 0.717) is 10.0 Å². The summed E-state index contributed by atoms with van der Waals surface area (Å²) in [6.07, 6.45) is 1.56. The van der Waals surface area contributed by atoms with E-state index in [0.717, 1.165) is 11.4 Å². The molecule has 4 nitrogen and oxygen atoms in total. The highest BCUT2D eigenvalue weighted by atomic mass is 79.9. The molecule has 0 bridgehead atoms. The molecule has 5 heteroatoms. The van der Waals surface area contributed by atoms with Crippen molar-refractivity contribution in [3.8, 4) is 11.5 Å². The van der Waals surface area contributed by atoms with Gasteiger partial charge in [-0.2, -0.15) is 5.10 Å². The van der Waals surface area contributed by atoms with Crippen LogP contribution in [0.5, 0.6) is 11.5 Å². The molecular weight excluding hydrogens is 308 g/mol. The highest BCUT2D eigenvalue weighted by Crippen LogP contribution is 2.26. The second-order valence-corrected chi connectivity index (χ2v) is 4.63. The van der Waals surface area contributed by atoms with Crippen LogP contribution < -0.4 is 10.2 Å². The van der Waals surface area contributed by atoms with Crippen LogP contribution in [0.1, 0.15) is 5.56 Å². The van der Waals surface area contributed by atoms with Gasteiger partial charge in [-0.25, -0.2) is 0 Å². The van der Waals surface area contributed by atoms with E-state index in [-0.39, 0.29) is 5.75 Å². The van der Waals surface area contributed by atoms with Gasteiger partial charge in [0.05, 0.1) is 23.5 Å². The standard InChI is InChI=1S/C14H13BrN2O2/c1-19-12-7-5-11(6-8-12)17-16-9-10-3-2-4-13(15)14(10)18/h2-9,17-18H,1H3/b16-9+. The lowest BCUT2D eigenvalue weighted by Crippen LogP contribution is -1.91. The van der Waals surface area contributed by atoms with Gasteiger partial charge in [0.2, 0.25) is 0 Å². The molecule has 0 aliphatic rings. The Balaban J connectivity index is 2.04. The van der Waals surface area contributed by atoms with E-state index in [2.05, 4.69) is 26.5 Å². The van der Waals surface area contributed by atoms with Crippen LogP contribution in [0.4, 0.5) is 5.69 Å². The van der Waals surface area contributed by atoms with Gasteiger partial charge in [-0.1, -0.05) is 6.07 Å². The molecule has 0 saturated heterocycles. The molecule has 0 spiro atoms. The number of nitrogens with one attached hydrogen (secondary N) is 1. The van der Waals surface area contributed by atoms with Gasteiger partial charge in [0.15, 0.2) is 0 Å². The first-order chi connectivity index (χ1) is 9.20. The maximum Gasteiger partial charge on any atom is 0.138 e. The number of halogens is 1. The number of anilines is 1. The van der Waals surface area contributed by atoms with E-state index in [1.807, 2.05) is 30.3 Å². The minimum Gasteiger partial charge on any atom is -0.506 e. The Morgan fingerprint density at radius 3 is 2.63 bits per heavy atom. The SMILES string of the molecule is COc1ccc(N/N=C/c2cccc(Br)c2O)cc1. The second kappa shape index (κ2) is 6.24. The van der Waals surface area contributed by atoms with Gasteiger partial charge in [0.1, 0.15) is 11.5 Å². The number of hydrogen-bond acceptors (Lipinski definition) is 4. The Bertz CT molecular complexity index is 582. The molecule has 2 aromatic carbocycles. The number of ether oxygens (including phenoxy) is 1. The molecule has 2 rings (SSSR count). The molecule has 0 atom stereocenters. The van der Waals surface area contributed by atoms with Crippen LogP contribution in [0.3, 0.4) is 0 Å². The fourth-order valence-corrected chi connectivity index (χ4v) is 1.86. The predicted molar refractivity (Wildman–Crippen MR) is 80.0 cm³/mol. The summed E-state index contributed by atoms with van der Waals surface area (Å²) in [6, 6.07) is 12.8. The van der Waals surface area contributed by atoms with Crippen LogP contribution in [-0.4, -0.2) is 18.4 Å². The predicted octanol–water partition coefficient (Wildman–Crippen LogP) is 3.61. The summed E-state index contributed by atoms with van der Waals surface area (Å²) in [6.45, 7) is 0. The molecule has 0 heterocycles. The Hall–Kier alpha value is -2.01. The minimum absolute atomic E-state index is 0.169. The molecule has 2 N–H and O–H groups in total. The van der Waals surface area contributed by atoms with Crippen molar-refractivity contribution in [3.63, 3.8) is 0 Å². The third-order valence-corrected chi connectivity index (χ3v) is 3.15. The number of phenolic OH excluding ortho intramolecular Hbond substituents is 1. The first kappa shape index (κ1) is 13.4. The van der Waals surface area contributed by atoms with Crippen molar-refractivity contribution in [3.05, 3.63) is 52.5 Å². The lowest BCUT2D eigenvalue weighted by Gasteiger charge is -2.03. The van der Waals surface area contributed by atoms with Gasteiger partial charge < -0.3 is 9.84 Å². The van der Waals surface area contributed by atoms with Gasteiger partial charge in [-0.05, 0) is 52.3 Å². The summed E-state index contributed by atoms with van der Waals surface area (Å²) in [5, 5.41) is 13.9. The molecule has 98 valence electrons. The van der Waals surface area contributed by atoms with Crippen molar-refractivity contribution in [2.75, 3.05) is 12.5 Å². The van der Waals surface area contributed by atoms with Crippen LogP contribution in [0, 0.1) is 0 Å². The fraction of sp³-hybridized carbons (Fsp3) is 0.0714. The Labute approximate surface area is 119 Å². The van der Waals surface area contributed by atoms with Gasteiger partial charge in [0, 0.05) is 5.56 Å². The van der Waals surface area contributed by atoms with Crippen LogP contribution in [0.25, 0.3) is 0 Å². The topological polar surface area (TPSA) is 53.8 Å². The van der Waals surface area contributed by atoms with Crippen molar-refractivity contribution in [1.29, 1.82) is 0 Å². The molecule has 2 aromatic rings. The molecule has 19 heavy (non-hydrogen) atoms. The molecule has 0 unspecified atom stereocenters. The van der Waals surface area contributed by atoms with Crippen molar-refractivity contribution < 1.29 is 9.84 Å². The first-order valence-corrected chi connectivity index (χ1v) is 6.40. The lowest BCUT2D eigenvalue weighted by atomic mass is 10.2. The molecular formula is C14H13BrN2O2. The summed E-state index contributed by atoms with van der Waals surface area (Å²) in [4.78, 5) is 0. The zero-order valence-corrected chi connectivity index (χ0v) is 11.9. The van der Waals surface area contributed by atoms with Gasteiger partial charge in [-0.15, -0.1) is 0 Å². The fourth-order valence-electron chi connectivity index (χ4n) is 1.48. The molecule has 0 radical (unpaired) electrons. The first-order valence-electron chi connectivity index (χ1n) is 5.61. The van der Waals surface area contributed by atoms with Crippen LogP contribution in [0.2, 0.25) is 0 Å². The van der Waals surface area contributed by atoms with Crippen molar-refractivity contribution >= 4 is 27.8 Å². The summed E-state index contributed by atoms with van der Waals surface area (Å²) in [5.74, 6) is 0.960. The molecule has 0 aromatic heterocycles. The van der Waals surface area contributed by atoms with Crippen LogP contribution in [0.15, 0.2) is 52.0 Å². The van der Waals surface area contributed by atoms with E-state index in [1.54, 1.807) is 25.5 Å². The zero-order chi connectivity index (χ0) is 13.7. The number of aromatic hydroxyl groups is 1. The van der Waals surface area contributed by atoms with Crippen molar-refractivity contribution in [2.45, 2.75) is 0 Å². The maximum absolute atomic E-state index is 9.78. The maximum atomic E-state index is 9.78. The van der Waals surface area contributed by atoms with Crippen molar-refractivity contribution in [2.24, 2.45) is 5.10 Å². The van der Waals surface area contributed by atoms with Gasteiger partial charge in [0.25, 0.3) is 0 Å². The normalized spacial score (nSPS) is 10.6. The second-order valence-electron chi connectivity index (χ2n) is 3.78. The summed E-state index contributed by atoms with van der Waals surface area (Å²) in [7, 11) is 1.62. The van der Waals surface area contributed by atoms with Gasteiger partial charge in [-0.3, -0.25) is 5.43 Å². The third-order valence-electron chi connectivity index (χ3n) is 2.51. The number of benzene rings is 2. The molecule has 0 aliphatic carbocycles. The zero-order valence-electron chi connectivity index (χ0n) is 10.3. The Kier molecular flexibility index (Phi) is 4.41. The minimum atomic E-state index is 0.169. The number of nitrogens with zero attached hydrogens (tertiary/aromatic N) is 1. The van der Waals surface area contributed by atoms with E-state index in [9.17, 15) is 5.11 Å². The number of methoxy groups -OCH3 is 1. The monoisotopic (exact) mass is 320 g/mol. The number of phenols is 1. The van der Waals surface area contributed by atoms with Crippen molar-refractivity contribution in [1.82, 2.24) is 0 Å². The third kappa shape index (κ3) is 3.48. The number of hydrogen-bond donors (Lipinski definition) is 2. The molecule has 0 fully saturated rings. The summed E-state index contributed by atoms with van der Waals surface area (Å²) < 4.78 is 5.71. The van der Waals surface area contributed by atoms with E-state index in [1.165, 1.54) is 0 Å². The highest BCUT2D eigenvalue weighted by Gasteiger charge is 2.01. The van der Waals surface area contributed by atoms with E-state index >= 15 is 0 Å². The number of rotatable bonds is 4. The van der Waals surface area contributed by atoms with E-state index < -0.39 is 0 Å². The lowest BCUT2D eigenvalue weighted by molar-refractivity contribution is 0.415. The smallest absolute Gasteiger partial charge is 0.138 e. The van der Waals surface area contributed by atoms with Crippen LogP contribution >= 0.6 is 15.9 Å². The molecule has 0 amide bonds. The number of hydrazone groups is 1. The average Bonchev–Trinajstić information content (AvgIpc) is 2.44.